The Hall–Kier alpha value is -1.96. The van der Waals surface area contributed by atoms with Gasteiger partial charge in [-0.05, 0) is 29.8 Å². The number of piperazine rings is 1. The zero-order chi connectivity index (χ0) is 18.4. The minimum atomic E-state index is -3.29. The van der Waals surface area contributed by atoms with Gasteiger partial charge in [0.15, 0.2) is 0 Å². The highest BCUT2D eigenvalue weighted by Crippen LogP contribution is 2.14. The Morgan fingerprint density at radius 3 is 2.23 bits per heavy atom. The van der Waals surface area contributed by atoms with Crippen LogP contribution in [0.1, 0.15) is 5.56 Å². The molecule has 1 aliphatic rings. The number of sulfonamides is 1. The molecule has 0 N–H and O–H groups in total. The van der Waals surface area contributed by atoms with Crippen LogP contribution in [-0.4, -0.2) is 57.0 Å². The van der Waals surface area contributed by atoms with Gasteiger partial charge in [0, 0.05) is 32.7 Å². The molecule has 2 aromatic carbocycles. The lowest BCUT2D eigenvalue weighted by atomic mass is 10.2. The standard InChI is InChI=1S/C19H23FN2O3S/c20-18-6-8-19(9-7-18)25-15-14-21-10-12-22(13-11-21)26(23,24)16-17-4-2-1-3-5-17/h1-9H,10-16H2. The highest BCUT2D eigenvalue weighted by atomic mass is 32.2. The van der Waals surface area contributed by atoms with E-state index < -0.39 is 10.0 Å². The van der Waals surface area contributed by atoms with Crippen molar-refractivity contribution in [2.24, 2.45) is 0 Å². The Morgan fingerprint density at radius 1 is 0.923 bits per heavy atom. The number of nitrogens with zero attached hydrogens (tertiary/aromatic N) is 2. The van der Waals surface area contributed by atoms with E-state index in [1.807, 2.05) is 30.3 Å². The number of halogens is 1. The van der Waals surface area contributed by atoms with Crippen LogP contribution in [0.15, 0.2) is 54.6 Å². The highest BCUT2D eigenvalue weighted by Gasteiger charge is 2.26. The van der Waals surface area contributed by atoms with Crippen molar-refractivity contribution in [1.82, 2.24) is 9.21 Å². The molecule has 0 aliphatic carbocycles. The van der Waals surface area contributed by atoms with E-state index in [0.29, 0.717) is 45.1 Å². The summed E-state index contributed by atoms with van der Waals surface area (Å²) in [6, 6.07) is 15.2. The SMILES string of the molecule is O=S(=O)(Cc1ccccc1)N1CCN(CCOc2ccc(F)cc2)CC1. The van der Waals surface area contributed by atoms with Gasteiger partial charge in [-0.15, -0.1) is 0 Å². The first-order chi connectivity index (χ1) is 12.5. The number of rotatable bonds is 7. The lowest BCUT2D eigenvalue weighted by molar-refractivity contribution is 0.158. The zero-order valence-electron chi connectivity index (χ0n) is 14.6. The van der Waals surface area contributed by atoms with E-state index in [9.17, 15) is 12.8 Å². The van der Waals surface area contributed by atoms with Crippen LogP contribution in [-0.2, 0) is 15.8 Å². The predicted molar refractivity (Wildman–Crippen MR) is 99.0 cm³/mol. The Balaban J connectivity index is 1.43. The molecule has 1 heterocycles. The van der Waals surface area contributed by atoms with Crippen LogP contribution in [0.2, 0.25) is 0 Å². The van der Waals surface area contributed by atoms with Gasteiger partial charge < -0.3 is 4.74 Å². The number of hydrogen-bond acceptors (Lipinski definition) is 4. The minimum Gasteiger partial charge on any atom is -0.492 e. The summed E-state index contributed by atoms with van der Waals surface area (Å²) in [4.78, 5) is 2.18. The molecule has 1 saturated heterocycles. The van der Waals surface area contributed by atoms with Crippen molar-refractivity contribution in [3.63, 3.8) is 0 Å². The third kappa shape index (κ3) is 5.27. The molecule has 2 aromatic rings. The molecule has 1 fully saturated rings. The quantitative estimate of drug-likeness (QED) is 0.742. The van der Waals surface area contributed by atoms with Gasteiger partial charge in [0.2, 0.25) is 10.0 Å². The van der Waals surface area contributed by atoms with E-state index in [4.69, 9.17) is 4.74 Å². The molecule has 0 amide bonds. The first-order valence-corrected chi connectivity index (χ1v) is 10.3. The second-order valence-electron chi connectivity index (χ2n) is 6.28. The van der Waals surface area contributed by atoms with Crippen LogP contribution in [0.25, 0.3) is 0 Å². The number of hydrogen-bond donors (Lipinski definition) is 0. The lowest BCUT2D eigenvalue weighted by Gasteiger charge is -2.33. The molecule has 0 saturated carbocycles. The van der Waals surface area contributed by atoms with Crippen molar-refractivity contribution in [1.29, 1.82) is 0 Å². The minimum absolute atomic E-state index is 0.0432. The van der Waals surface area contributed by atoms with Crippen molar-refractivity contribution in [3.8, 4) is 5.75 Å². The van der Waals surface area contributed by atoms with Gasteiger partial charge in [0.25, 0.3) is 0 Å². The van der Waals surface area contributed by atoms with Crippen molar-refractivity contribution in [2.45, 2.75) is 5.75 Å². The molecule has 5 nitrogen and oxygen atoms in total. The first-order valence-electron chi connectivity index (χ1n) is 8.65. The molecule has 0 unspecified atom stereocenters. The summed E-state index contributed by atoms with van der Waals surface area (Å²) < 4.78 is 45.1. The lowest BCUT2D eigenvalue weighted by Crippen LogP contribution is -2.49. The van der Waals surface area contributed by atoms with Gasteiger partial charge >= 0.3 is 0 Å². The number of ether oxygens (including phenoxy) is 1. The van der Waals surface area contributed by atoms with E-state index in [-0.39, 0.29) is 11.6 Å². The molecule has 7 heteroatoms. The molecule has 3 rings (SSSR count). The third-order valence-corrected chi connectivity index (χ3v) is 6.26. The molecule has 0 aromatic heterocycles. The van der Waals surface area contributed by atoms with Crippen molar-refractivity contribution >= 4 is 10.0 Å². The Bertz CT molecular complexity index is 789. The maximum Gasteiger partial charge on any atom is 0.218 e. The molecule has 1 aliphatic heterocycles. The summed E-state index contributed by atoms with van der Waals surface area (Å²) in [7, 11) is -3.29. The predicted octanol–water partition coefficient (Wildman–Crippen LogP) is 2.35. The van der Waals surface area contributed by atoms with Crippen LogP contribution in [0, 0.1) is 5.82 Å². The molecule has 0 bridgehead atoms. The van der Waals surface area contributed by atoms with Gasteiger partial charge in [-0.2, -0.15) is 4.31 Å². The summed E-state index contributed by atoms with van der Waals surface area (Å²) in [5.41, 5.74) is 0.808. The molecule has 0 atom stereocenters. The van der Waals surface area contributed by atoms with Crippen molar-refractivity contribution < 1.29 is 17.5 Å². The van der Waals surface area contributed by atoms with Gasteiger partial charge in [-0.3, -0.25) is 4.90 Å². The monoisotopic (exact) mass is 378 g/mol. The first kappa shape index (κ1) is 18.8. The summed E-state index contributed by atoms with van der Waals surface area (Å²) in [6.07, 6.45) is 0. The van der Waals surface area contributed by atoms with Gasteiger partial charge in [-0.25, -0.2) is 12.8 Å². The average molecular weight is 378 g/mol. The van der Waals surface area contributed by atoms with Gasteiger partial charge in [-0.1, -0.05) is 30.3 Å². The van der Waals surface area contributed by atoms with Crippen LogP contribution >= 0.6 is 0 Å². The van der Waals surface area contributed by atoms with Gasteiger partial charge in [0.1, 0.15) is 18.2 Å². The maximum atomic E-state index is 12.9. The topological polar surface area (TPSA) is 49.9 Å². The number of benzene rings is 2. The highest BCUT2D eigenvalue weighted by molar-refractivity contribution is 7.88. The van der Waals surface area contributed by atoms with Crippen LogP contribution in [0.4, 0.5) is 4.39 Å². The largest absolute Gasteiger partial charge is 0.492 e. The smallest absolute Gasteiger partial charge is 0.218 e. The Kier molecular flexibility index (Phi) is 6.24. The van der Waals surface area contributed by atoms with Crippen LogP contribution in [0.5, 0.6) is 5.75 Å². The third-order valence-electron chi connectivity index (χ3n) is 4.41. The van der Waals surface area contributed by atoms with Crippen LogP contribution < -0.4 is 4.74 Å². The zero-order valence-corrected chi connectivity index (χ0v) is 15.4. The van der Waals surface area contributed by atoms with Crippen LogP contribution in [0.3, 0.4) is 0 Å². The summed E-state index contributed by atoms with van der Waals surface area (Å²) in [5, 5.41) is 0. The molecular weight excluding hydrogens is 355 g/mol. The van der Waals surface area contributed by atoms with E-state index >= 15 is 0 Å². The molecule has 0 spiro atoms. The molecule has 140 valence electrons. The Labute approximate surface area is 154 Å². The summed E-state index contributed by atoms with van der Waals surface area (Å²) >= 11 is 0. The second-order valence-corrected chi connectivity index (χ2v) is 8.25. The fourth-order valence-corrected chi connectivity index (χ4v) is 4.45. The van der Waals surface area contributed by atoms with E-state index in [1.165, 1.54) is 12.1 Å². The second kappa shape index (κ2) is 8.62. The van der Waals surface area contributed by atoms with Gasteiger partial charge in [0.05, 0.1) is 5.75 Å². The van der Waals surface area contributed by atoms with E-state index in [1.54, 1.807) is 16.4 Å². The fourth-order valence-electron chi connectivity index (χ4n) is 2.93. The summed E-state index contributed by atoms with van der Waals surface area (Å²) in [6.45, 7) is 3.55. The van der Waals surface area contributed by atoms with Crippen molar-refractivity contribution in [2.75, 3.05) is 39.3 Å². The normalized spacial score (nSPS) is 16.5. The molecule has 0 radical (unpaired) electrons. The molecule has 26 heavy (non-hydrogen) atoms. The van der Waals surface area contributed by atoms with Crippen molar-refractivity contribution in [3.05, 3.63) is 66.0 Å². The summed E-state index contributed by atoms with van der Waals surface area (Å²) in [5.74, 6) is 0.391. The van der Waals surface area contributed by atoms with E-state index in [2.05, 4.69) is 4.90 Å². The maximum absolute atomic E-state index is 12.9. The molecular formula is C19H23FN2O3S. The van der Waals surface area contributed by atoms with E-state index in [0.717, 1.165) is 5.56 Å². The fraction of sp³-hybridized carbons (Fsp3) is 0.368. The Morgan fingerprint density at radius 2 is 1.58 bits per heavy atom. The average Bonchev–Trinajstić information content (AvgIpc) is 2.64.